The van der Waals surface area contributed by atoms with Crippen molar-refractivity contribution in [3.63, 3.8) is 0 Å². The van der Waals surface area contributed by atoms with Crippen LogP contribution in [-0.2, 0) is 6.54 Å². The number of alkyl halides is 4. The molecular weight excluding hydrogens is 556 g/mol. The molecule has 3 N–H and O–H groups in total. The Morgan fingerprint density at radius 2 is 1.98 bits per heavy atom. The number of ether oxygens (including phenoxy) is 1. The van der Waals surface area contributed by atoms with Crippen LogP contribution in [0.1, 0.15) is 39.6 Å². The quantitative estimate of drug-likeness (QED) is 0.288. The van der Waals surface area contributed by atoms with Crippen molar-refractivity contribution in [1.82, 2.24) is 25.1 Å². The number of carbonyl (C=O) groups excluding carboxylic acids is 2. The molecule has 2 atom stereocenters. The van der Waals surface area contributed by atoms with Gasteiger partial charge in [0, 0.05) is 31.3 Å². The molecule has 1 aromatic heterocycles. The van der Waals surface area contributed by atoms with Crippen LogP contribution >= 0.6 is 0 Å². The lowest BCUT2D eigenvalue weighted by molar-refractivity contribution is -0.139. The maximum Gasteiger partial charge on any atom is 0.406 e. The SMILES string of the molecule is CNC(=O)c1ccc(OC)c(NCC#Cc2cc(C(=O)N[C@H]3CCN(C)C[C@@]3(C)F)c3ncn(CC(F)(F)F)c3c2)c1. The molecule has 3 aromatic rings. The molecule has 1 aliphatic rings. The lowest BCUT2D eigenvalue weighted by atomic mass is 9.90. The van der Waals surface area contributed by atoms with E-state index in [-0.39, 0.29) is 41.2 Å². The number of aromatic nitrogens is 2. The molecule has 224 valence electrons. The molecule has 2 amide bonds. The summed E-state index contributed by atoms with van der Waals surface area (Å²) in [6.07, 6.45) is -3.13. The number of likely N-dealkylation sites (tertiary alicyclic amines) is 1. The summed E-state index contributed by atoms with van der Waals surface area (Å²) in [4.78, 5) is 31.3. The Labute approximate surface area is 240 Å². The molecule has 13 heteroatoms. The van der Waals surface area contributed by atoms with Crippen LogP contribution in [0.25, 0.3) is 11.0 Å². The Morgan fingerprint density at radius 3 is 2.64 bits per heavy atom. The predicted octanol–water partition coefficient (Wildman–Crippen LogP) is 3.59. The maximum atomic E-state index is 15.3. The number of carbonyl (C=O) groups is 2. The van der Waals surface area contributed by atoms with Crippen molar-refractivity contribution in [2.24, 2.45) is 0 Å². The Kier molecular flexibility index (Phi) is 8.96. The first-order chi connectivity index (χ1) is 19.8. The highest BCUT2D eigenvalue weighted by Crippen LogP contribution is 2.28. The first-order valence-corrected chi connectivity index (χ1v) is 13.2. The third-order valence-electron chi connectivity index (χ3n) is 7.02. The molecular formula is C29H32F4N6O3. The zero-order valence-electron chi connectivity index (χ0n) is 23.7. The van der Waals surface area contributed by atoms with Crippen LogP contribution in [0, 0.1) is 11.8 Å². The van der Waals surface area contributed by atoms with E-state index in [1.807, 2.05) is 4.90 Å². The summed E-state index contributed by atoms with van der Waals surface area (Å²) >= 11 is 0. The van der Waals surface area contributed by atoms with Crippen molar-refractivity contribution in [3.8, 4) is 17.6 Å². The van der Waals surface area contributed by atoms with E-state index in [2.05, 4.69) is 32.8 Å². The largest absolute Gasteiger partial charge is 0.495 e. The van der Waals surface area contributed by atoms with Gasteiger partial charge in [0.2, 0.25) is 0 Å². The molecule has 0 bridgehead atoms. The summed E-state index contributed by atoms with van der Waals surface area (Å²) in [5.74, 6) is 5.32. The molecule has 9 nitrogen and oxygen atoms in total. The highest BCUT2D eigenvalue weighted by molar-refractivity contribution is 6.05. The van der Waals surface area contributed by atoms with E-state index in [4.69, 9.17) is 4.74 Å². The molecule has 2 aromatic carbocycles. The summed E-state index contributed by atoms with van der Waals surface area (Å²) in [6, 6.07) is 6.93. The lowest BCUT2D eigenvalue weighted by Gasteiger charge is -2.39. The van der Waals surface area contributed by atoms with E-state index >= 15 is 4.39 Å². The monoisotopic (exact) mass is 588 g/mol. The average molecular weight is 589 g/mol. The molecule has 0 aliphatic carbocycles. The molecule has 1 saturated heterocycles. The van der Waals surface area contributed by atoms with E-state index in [1.54, 1.807) is 25.2 Å². The Balaban J connectivity index is 1.63. The number of piperidine rings is 1. The molecule has 1 aliphatic heterocycles. The normalized spacial score (nSPS) is 19.1. The highest BCUT2D eigenvalue weighted by atomic mass is 19.4. The van der Waals surface area contributed by atoms with Gasteiger partial charge in [-0.05, 0) is 50.7 Å². The summed E-state index contributed by atoms with van der Waals surface area (Å²) in [6.45, 7) is 0.903. The van der Waals surface area contributed by atoms with E-state index < -0.39 is 30.3 Å². The second kappa shape index (κ2) is 12.3. The second-order valence-electron chi connectivity index (χ2n) is 10.4. The molecule has 0 spiro atoms. The van der Waals surface area contributed by atoms with Crippen LogP contribution in [0.2, 0.25) is 0 Å². The second-order valence-corrected chi connectivity index (χ2v) is 10.4. The van der Waals surface area contributed by atoms with Gasteiger partial charge in [-0.2, -0.15) is 13.2 Å². The highest BCUT2D eigenvalue weighted by Gasteiger charge is 2.40. The summed E-state index contributed by atoms with van der Waals surface area (Å²) < 4.78 is 61.3. The van der Waals surface area contributed by atoms with Crippen LogP contribution in [-0.4, -0.2) is 85.0 Å². The topological polar surface area (TPSA) is 101 Å². The average Bonchev–Trinajstić information content (AvgIpc) is 3.32. The van der Waals surface area contributed by atoms with Crippen molar-refractivity contribution in [2.45, 2.75) is 37.8 Å². The summed E-state index contributed by atoms with van der Waals surface area (Å²) in [7, 11) is 4.79. The number of nitrogens with one attached hydrogen (secondary N) is 3. The van der Waals surface area contributed by atoms with E-state index in [9.17, 15) is 22.8 Å². The van der Waals surface area contributed by atoms with Gasteiger partial charge in [0.15, 0.2) is 0 Å². The smallest absolute Gasteiger partial charge is 0.406 e. The van der Waals surface area contributed by atoms with E-state index in [0.29, 0.717) is 30.0 Å². The molecule has 0 radical (unpaired) electrons. The van der Waals surface area contributed by atoms with Gasteiger partial charge in [-0.3, -0.25) is 9.59 Å². The van der Waals surface area contributed by atoms with Crippen molar-refractivity contribution >= 4 is 28.5 Å². The minimum atomic E-state index is -4.52. The van der Waals surface area contributed by atoms with Crippen molar-refractivity contribution in [3.05, 3.63) is 53.3 Å². The van der Waals surface area contributed by atoms with Gasteiger partial charge in [-0.1, -0.05) is 11.8 Å². The number of anilines is 1. The number of amides is 2. The number of rotatable bonds is 7. The zero-order chi connectivity index (χ0) is 30.7. The number of methoxy groups -OCH3 is 1. The minimum Gasteiger partial charge on any atom is -0.495 e. The number of fused-ring (bicyclic) bond motifs is 1. The van der Waals surface area contributed by atoms with Crippen LogP contribution in [0.3, 0.4) is 0 Å². The van der Waals surface area contributed by atoms with Crippen molar-refractivity contribution in [2.75, 3.05) is 46.2 Å². The fourth-order valence-electron chi connectivity index (χ4n) is 4.97. The molecule has 42 heavy (non-hydrogen) atoms. The number of halogens is 4. The van der Waals surface area contributed by atoms with Crippen LogP contribution in [0.4, 0.5) is 23.2 Å². The molecule has 4 rings (SSSR count). The van der Waals surface area contributed by atoms with E-state index in [1.165, 1.54) is 33.2 Å². The first kappa shape index (κ1) is 30.6. The lowest BCUT2D eigenvalue weighted by Crippen LogP contribution is -2.58. The number of hydrogen-bond acceptors (Lipinski definition) is 6. The molecule has 0 saturated carbocycles. The van der Waals surface area contributed by atoms with Crippen molar-refractivity contribution in [1.29, 1.82) is 0 Å². The van der Waals surface area contributed by atoms with Crippen LogP contribution in [0.5, 0.6) is 5.75 Å². The zero-order valence-corrected chi connectivity index (χ0v) is 23.7. The van der Waals surface area contributed by atoms with E-state index in [0.717, 1.165) is 10.9 Å². The summed E-state index contributed by atoms with van der Waals surface area (Å²) in [5, 5.41) is 8.33. The van der Waals surface area contributed by atoms with Gasteiger partial charge >= 0.3 is 6.18 Å². The molecule has 0 unspecified atom stereocenters. The van der Waals surface area contributed by atoms with Gasteiger partial charge in [0.25, 0.3) is 11.8 Å². The fourth-order valence-corrected chi connectivity index (χ4v) is 4.97. The van der Waals surface area contributed by atoms with Gasteiger partial charge in [-0.25, -0.2) is 9.37 Å². The Bertz CT molecular complexity index is 1540. The Hall–Kier alpha value is -4.31. The standard InChI is InChI=1S/C29H32F4N6O3/c1-28(30)15-38(3)11-9-24(28)37-27(41)20-12-18(13-22-25(20)36-17-39(22)16-29(31,32)33)6-5-10-35-21-14-19(26(40)34-2)7-8-23(21)42-4/h7-8,12-14,17,24,35H,9-11,15-16H2,1-4H3,(H,34,40)(H,37,41)/t24-,28+/m0/s1. The fraction of sp³-hybridized carbons (Fsp3) is 0.414. The minimum absolute atomic E-state index is 0.000333. The number of benzene rings is 2. The van der Waals surface area contributed by atoms with Crippen molar-refractivity contribution < 1.29 is 31.9 Å². The van der Waals surface area contributed by atoms with Crippen LogP contribution in [0.15, 0.2) is 36.7 Å². The Morgan fingerprint density at radius 1 is 1.21 bits per heavy atom. The number of imidazole rings is 1. The van der Waals surface area contributed by atoms with Gasteiger partial charge in [-0.15, -0.1) is 0 Å². The molecule has 2 heterocycles. The maximum absolute atomic E-state index is 15.3. The first-order valence-electron chi connectivity index (χ1n) is 13.2. The third kappa shape index (κ3) is 7.12. The predicted molar refractivity (Wildman–Crippen MR) is 150 cm³/mol. The van der Waals surface area contributed by atoms with Crippen LogP contribution < -0.4 is 20.7 Å². The number of nitrogens with zero attached hydrogens (tertiary/aromatic N) is 3. The third-order valence-corrected chi connectivity index (χ3v) is 7.02. The van der Waals surface area contributed by atoms with Gasteiger partial charge in [0.05, 0.1) is 42.8 Å². The van der Waals surface area contributed by atoms with Gasteiger partial charge < -0.3 is 30.2 Å². The van der Waals surface area contributed by atoms with Gasteiger partial charge in [0.1, 0.15) is 23.5 Å². The molecule has 1 fully saturated rings. The number of hydrogen-bond donors (Lipinski definition) is 3. The summed E-state index contributed by atoms with van der Waals surface area (Å²) in [5.41, 5.74) is -0.373.